The van der Waals surface area contributed by atoms with Crippen LogP contribution in [0.25, 0.3) is 0 Å². The fraction of sp³-hybridized carbons (Fsp3) is 0.381. The van der Waals surface area contributed by atoms with Gasteiger partial charge >= 0.3 is 16.1 Å². The van der Waals surface area contributed by atoms with E-state index < -0.39 is 10.1 Å². The van der Waals surface area contributed by atoms with Crippen LogP contribution in [-0.4, -0.2) is 53.2 Å². The van der Waals surface area contributed by atoms with Gasteiger partial charge in [0.05, 0.1) is 14.2 Å². The molecule has 0 bridgehead atoms. The third-order valence-electron chi connectivity index (χ3n) is 4.65. The number of carbonyl (C=O) groups is 1. The summed E-state index contributed by atoms with van der Waals surface area (Å²) >= 11 is 0. The maximum absolute atomic E-state index is 12.7. The van der Waals surface area contributed by atoms with Crippen molar-refractivity contribution in [2.45, 2.75) is 18.7 Å². The number of amides is 2. The first-order valence-corrected chi connectivity index (χ1v) is 11.0. The van der Waals surface area contributed by atoms with Crippen molar-refractivity contribution in [3.8, 4) is 17.2 Å². The van der Waals surface area contributed by atoms with Crippen LogP contribution in [0.15, 0.2) is 47.4 Å². The highest BCUT2D eigenvalue weighted by Gasteiger charge is 2.30. The lowest BCUT2D eigenvalue weighted by Crippen LogP contribution is -2.34. The molecule has 1 aliphatic heterocycles. The maximum atomic E-state index is 12.7. The lowest BCUT2D eigenvalue weighted by molar-refractivity contribution is 0.215. The van der Waals surface area contributed by atoms with Crippen molar-refractivity contribution < 1.29 is 26.9 Å². The SMILES string of the molecule is COc1cc(OC)cc(OS(=O)(=O)c2ccc(N3CCN(CC(C)C)C3=O)cc2)c1. The molecule has 2 aromatic rings. The van der Waals surface area contributed by atoms with Crippen molar-refractivity contribution in [1.29, 1.82) is 0 Å². The van der Waals surface area contributed by atoms with Gasteiger partial charge in [-0.2, -0.15) is 8.42 Å². The molecule has 0 unspecified atom stereocenters. The van der Waals surface area contributed by atoms with Crippen molar-refractivity contribution in [3.05, 3.63) is 42.5 Å². The normalized spacial score (nSPS) is 14.4. The van der Waals surface area contributed by atoms with E-state index in [2.05, 4.69) is 13.8 Å². The topological polar surface area (TPSA) is 85.4 Å². The summed E-state index contributed by atoms with van der Waals surface area (Å²) in [5.41, 5.74) is 0.647. The molecule has 0 saturated carbocycles. The maximum Gasteiger partial charge on any atom is 0.339 e. The van der Waals surface area contributed by atoms with Gasteiger partial charge in [-0.05, 0) is 30.2 Å². The summed E-state index contributed by atoms with van der Waals surface area (Å²) in [4.78, 5) is 16.0. The third-order valence-corrected chi connectivity index (χ3v) is 5.91. The van der Waals surface area contributed by atoms with Gasteiger partial charge in [-0.25, -0.2) is 4.79 Å². The lowest BCUT2D eigenvalue weighted by Gasteiger charge is -2.20. The van der Waals surface area contributed by atoms with Gasteiger partial charge in [0.1, 0.15) is 22.1 Å². The van der Waals surface area contributed by atoms with Crippen LogP contribution >= 0.6 is 0 Å². The minimum absolute atomic E-state index is 0.0151. The van der Waals surface area contributed by atoms with Crippen LogP contribution in [-0.2, 0) is 10.1 Å². The molecule has 162 valence electrons. The Morgan fingerprint density at radius 3 is 2.03 bits per heavy atom. The molecule has 0 aliphatic carbocycles. The number of nitrogens with zero attached hydrogens (tertiary/aromatic N) is 2. The van der Waals surface area contributed by atoms with Gasteiger partial charge in [0.25, 0.3) is 0 Å². The Hall–Kier alpha value is -2.94. The van der Waals surface area contributed by atoms with E-state index in [9.17, 15) is 13.2 Å². The van der Waals surface area contributed by atoms with Gasteiger partial charge in [0, 0.05) is 43.5 Å². The van der Waals surface area contributed by atoms with Crippen LogP contribution in [0, 0.1) is 5.92 Å². The Kier molecular flexibility index (Phi) is 6.40. The molecule has 0 aromatic heterocycles. The number of hydrogen-bond acceptors (Lipinski definition) is 6. The van der Waals surface area contributed by atoms with Crippen molar-refractivity contribution in [2.24, 2.45) is 5.92 Å². The quantitative estimate of drug-likeness (QED) is 0.592. The Labute approximate surface area is 177 Å². The molecule has 0 spiro atoms. The number of anilines is 1. The number of rotatable bonds is 8. The van der Waals surface area contributed by atoms with Gasteiger partial charge in [-0.3, -0.25) is 4.90 Å². The molecule has 0 atom stereocenters. The van der Waals surface area contributed by atoms with Crippen molar-refractivity contribution in [3.63, 3.8) is 0 Å². The predicted octanol–water partition coefficient (Wildman–Crippen LogP) is 3.37. The largest absolute Gasteiger partial charge is 0.496 e. The van der Waals surface area contributed by atoms with E-state index in [1.807, 2.05) is 0 Å². The Morgan fingerprint density at radius 1 is 0.933 bits per heavy atom. The zero-order chi connectivity index (χ0) is 21.9. The van der Waals surface area contributed by atoms with Crippen LogP contribution in [0.4, 0.5) is 10.5 Å². The Morgan fingerprint density at radius 2 is 1.50 bits per heavy atom. The van der Waals surface area contributed by atoms with Crippen molar-refractivity contribution in [1.82, 2.24) is 4.90 Å². The zero-order valence-electron chi connectivity index (χ0n) is 17.5. The number of hydrogen-bond donors (Lipinski definition) is 0. The molecule has 9 heteroatoms. The number of benzene rings is 2. The van der Waals surface area contributed by atoms with E-state index in [4.69, 9.17) is 13.7 Å². The number of carbonyl (C=O) groups excluding carboxylic acids is 1. The minimum atomic E-state index is -4.07. The summed E-state index contributed by atoms with van der Waals surface area (Å²) in [6.07, 6.45) is 0. The molecule has 2 amide bonds. The van der Waals surface area contributed by atoms with E-state index in [1.165, 1.54) is 38.5 Å². The molecular weight excluding hydrogens is 408 g/mol. The first-order valence-electron chi connectivity index (χ1n) is 9.57. The fourth-order valence-corrected chi connectivity index (χ4v) is 4.14. The first kappa shape index (κ1) is 21.8. The number of ether oxygens (including phenoxy) is 2. The monoisotopic (exact) mass is 434 g/mol. The molecule has 3 rings (SSSR count). The molecule has 0 radical (unpaired) electrons. The van der Waals surface area contributed by atoms with Crippen LogP contribution < -0.4 is 18.6 Å². The second-order valence-electron chi connectivity index (χ2n) is 7.35. The van der Waals surface area contributed by atoms with Gasteiger partial charge in [-0.15, -0.1) is 0 Å². The molecule has 0 N–H and O–H groups in total. The predicted molar refractivity (Wildman–Crippen MR) is 113 cm³/mol. The van der Waals surface area contributed by atoms with E-state index in [1.54, 1.807) is 28.0 Å². The fourth-order valence-electron chi connectivity index (χ4n) is 3.23. The van der Waals surface area contributed by atoms with E-state index in [-0.39, 0.29) is 16.7 Å². The summed E-state index contributed by atoms with van der Waals surface area (Å²) in [5.74, 6) is 1.28. The second-order valence-corrected chi connectivity index (χ2v) is 8.90. The molecule has 30 heavy (non-hydrogen) atoms. The van der Waals surface area contributed by atoms with E-state index >= 15 is 0 Å². The summed E-state index contributed by atoms with van der Waals surface area (Å²) in [6.45, 7) is 6.04. The molecular formula is C21H26N2O6S. The van der Waals surface area contributed by atoms with Gasteiger partial charge in [-0.1, -0.05) is 13.8 Å². The zero-order valence-corrected chi connectivity index (χ0v) is 18.3. The highest BCUT2D eigenvalue weighted by atomic mass is 32.2. The van der Waals surface area contributed by atoms with E-state index in [0.29, 0.717) is 42.7 Å². The van der Waals surface area contributed by atoms with E-state index in [0.717, 1.165) is 0 Å². The summed E-state index contributed by atoms with van der Waals surface area (Å²) in [5, 5.41) is 0. The lowest BCUT2D eigenvalue weighted by atomic mass is 10.2. The van der Waals surface area contributed by atoms with Gasteiger partial charge < -0.3 is 18.6 Å². The number of methoxy groups -OCH3 is 2. The van der Waals surface area contributed by atoms with Crippen LogP contribution in [0.5, 0.6) is 17.2 Å². The second kappa shape index (κ2) is 8.83. The van der Waals surface area contributed by atoms with Gasteiger partial charge in [0.2, 0.25) is 0 Å². The molecule has 1 fully saturated rings. The highest BCUT2D eigenvalue weighted by Crippen LogP contribution is 2.30. The molecule has 1 heterocycles. The summed E-state index contributed by atoms with van der Waals surface area (Å²) in [7, 11) is -1.14. The average molecular weight is 435 g/mol. The smallest absolute Gasteiger partial charge is 0.339 e. The number of urea groups is 1. The Bertz CT molecular complexity index is 982. The Balaban J connectivity index is 1.76. The van der Waals surface area contributed by atoms with Crippen LogP contribution in [0.2, 0.25) is 0 Å². The highest BCUT2D eigenvalue weighted by molar-refractivity contribution is 7.87. The molecule has 1 saturated heterocycles. The summed E-state index contributed by atoms with van der Waals surface area (Å²) in [6, 6.07) is 10.5. The first-order chi connectivity index (χ1) is 14.2. The van der Waals surface area contributed by atoms with Crippen LogP contribution in [0.1, 0.15) is 13.8 Å². The van der Waals surface area contributed by atoms with Crippen LogP contribution in [0.3, 0.4) is 0 Å². The molecule has 1 aliphatic rings. The minimum Gasteiger partial charge on any atom is -0.496 e. The van der Waals surface area contributed by atoms with Gasteiger partial charge in [0.15, 0.2) is 0 Å². The standard InChI is InChI=1S/C21H26N2O6S/c1-15(2)14-22-9-10-23(21(22)24)16-5-7-20(8-6-16)30(25,26)29-19-12-17(27-3)11-18(13-19)28-4/h5-8,11-13,15H,9-10,14H2,1-4H3. The summed E-state index contributed by atoms with van der Waals surface area (Å²) < 4.78 is 40.9. The molecule has 8 nitrogen and oxygen atoms in total. The van der Waals surface area contributed by atoms with Crippen molar-refractivity contribution >= 4 is 21.8 Å². The van der Waals surface area contributed by atoms with Crippen molar-refractivity contribution in [2.75, 3.05) is 38.8 Å². The third kappa shape index (κ3) is 4.79. The average Bonchev–Trinajstić information content (AvgIpc) is 3.07. The molecule has 2 aromatic carbocycles.